The van der Waals surface area contributed by atoms with Crippen molar-refractivity contribution in [2.75, 3.05) is 0 Å². The number of carbonyl (C=O) groups is 1. The van der Waals surface area contributed by atoms with E-state index in [-0.39, 0.29) is 15.7 Å². The summed E-state index contributed by atoms with van der Waals surface area (Å²) in [6.45, 7) is 15.9. The lowest BCUT2D eigenvalue weighted by Gasteiger charge is -2.50. The summed E-state index contributed by atoms with van der Waals surface area (Å²) in [5.41, 5.74) is 4.20. The molecule has 1 aromatic carbocycles. The topological polar surface area (TPSA) is 68.6 Å². The van der Waals surface area contributed by atoms with Crippen LogP contribution in [-0.2, 0) is 16.4 Å². The molecule has 4 rings (SSSR count). The van der Waals surface area contributed by atoms with Gasteiger partial charge in [0.05, 0.1) is 28.9 Å². The SMILES string of the molecule is CC(C)(C)Cc1ccc(P2C(C)(C)CC(=O)CC2(C)C)c(C(P)(c2cnccn2)c2cnccn2)c1. The van der Waals surface area contributed by atoms with E-state index in [0.29, 0.717) is 18.6 Å². The van der Waals surface area contributed by atoms with Crippen LogP contribution in [0.2, 0.25) is 0 Å². The van der Waals surface area contributed by atoms with Crippen LogP contribution >= 0.6 is 17.2 Å². The molecule has 1 aliphatic heterocycles. The maximum Gasteiger partial charge on any atom is 0.134 e. The minimum atomic E-state index is -0.734. The predicted octanol–water partition coefficient (Wildman–Crippen LogP) is 6.05. The van der Waals surface area contributed by atoms with E-state index >= 15 is 0 Å². The lowest BCUT2D eigenvalue weighted by Crippen LogP contribution is -2.45. The molecule has 1 unspecified atom stereocenters. The first-order chi connectivity index (χ1) is 16.7. The molecule has 1 aliphatic rings. The summed E-state index contributed by atoms with van der Waals surface area (Å²) < 4.78 is 0. The molecule has 0 aliphatic carbocycles. The fourth-order valence-electron chi connectivity index (χ4n) is 5.89. The van der Waals surface area contributed by atoms with Crippen molar-refractivity contribution in [3.8, 4) is 0 Å². The summed E-state index contributed by atoms with van der Waals surface area (Å²) in [6, 6.07) is 6.96. The lowest BCUT2D eigenvalue weighted by molar-refractivity contribution is -0.120. The van der Waals surface area contributed by atoms with E-state index < -0.39 is 13.1 Å². The van der Waals surface area contributed by atoms with Crippen molar-refractivity contribution in [3.05, 3.63) is 77.9 Å². The van der Waals surface area contributed by atoms with Gasteiger partial charge in [0.2, 0.25) is 0 Å². The molecular weight excluding hydrogens is 482 g/mol. The van der Waals surface area contributed by atoms with Crippen LogP contribution in [0.4, 0.5) is 0 Å². The lowest BCUT2D eigenvalue weighted by atomic mass is 9.85. The Balaban J connectivity index is 2.05. The zero-order valence-electron chi connectivity index (χ0n) is 22.5. The number of ketones is 1. The van der Waals surface area contributed by atoms with Crippen molar-refractivity contribution >= 4 is 28.2 Å². The minimum Gasteiger partial charge on any atom is -0.300 e. The van der Waals surface area contributed by atoms with Gasteiger partial charge in [-0.1, -0.05) is 74.6 Å². The van der Waals surface area contributed by atoms with Crippen LogP contribution in [0.5, 0.6) is 0 Å². The molecule has 1 atom stereocenters. The third-order valence-corrected chi connectivity index (χ3v) is 11.4. The van der Waals surface area contributed by atoms with Gasteiger partial charge < -0.3 is 0 Å². The predicted molar refractivity (Wildman–Crippen MR) is 152 cm³/mol. The van der Waals surface area contributed by atoms with Crippen LogP contribution in [0, 0.1) is 5.41 Å². The molecule has 0 amide bonds. The van der Waals surface area contributed by atoms with Crippen LogP contribution < -0.4 is 5.30 Å². The average Bonchev–Trinajstić information content (AvgIpc) is 2.77. The van der Waals surface area contributed by atoms with Gasteiger partial charge in [0, 0.05) is 37.6 Å². The number of hydrogen-bond donors (Lipinski definition) is 0. The van der Waals surface area contributed by atoms with E-state index in [1.54, 1.807) is 24.8 Å². The quantitative estimate of drug-likeness (QED) is 0.383. The monoisotopic (exact) mass is 520 g/mol. The Labute approximate surface area is 219 Å². The molecule has 0 radical (unpaired) electrons. The van der Waals surface area contributed by atoms with Crippen molar-refractivity contribution in [2.45, 2.75) is 83.2 Å². The number of aromatic nitrogens is 4. The zero-order valence-corrected chi connectivity index (χ0v) is 24.6. The highest BCUT2D eigenvalue weighted by Gasteiger charge is 2.50. The summed E-state index contributed by atoms with van der Waals surface area (Å²) in [4.78, 5) is 31.2. The maximum absolute atomic E-state index is 12.8. The van der Waals surface area contributed by atoms with E-state index in [1.807, 2.05) is 12.4 Å². The highest BCUT2D eigenvalue weighted by atomic mass is 31.1. The molecule has 0 N–H and O–H groups in total. The van der Waals surface area contributed by atoms with Crippen LogP contribution in [0.3, 0.4) is 0 Å². The first kappa shape index (κ1) is 27.0. The van der Waals surface area contributed by atoms with E-state index in [4.69, 9.17) is 9.97 Å². The van der Waals surface area contributed by atoms with Gasteiger partial charge in [-0.3, -0.25) is 24.7 Å². The van der Waals surface area contributed by atoms with E-state index in [9.17, 15) is 4.79 Å². The van der Waals surface area contributed by atoms with Crippen molar-refractivity contribution in [2.24, 2.45) is 5.41 Å². The normalized spacial score (nSPS) is 18.3. The van der Waals surface area contributed by atoms with Crippen molar-refractivity contribution < 1.29 is 4.79 Å². The molecule has 3 aromatic rings. The van der Waals surface area contributed by atoms with Gasteiger partial charge in [-0.05, 0) is 38.6 Å². The first-order valence-electron chi connectivity index (χ1n) is 12.5. The van der Waals surface area contributed by atoms with Gasteiger partial charge in [-0.25, -0.2) is 0 Å². The number of benzene rings is 1. The van der Waals surface area contributed by atoms with Gasteiger partial charge in [-0.2, -0.15) is 0 Å². The maximum atomic E-state index is 12.8. The standard InChI is InChI=1S/C29H38N4OP2/c1-26(2,3)15-20-8-9-23(36-27(4,5)16-21(34)17-28(36,6)7)22(14-20)29(35,24-18-30-10-12-32-24)25-19-31-11-13-33-25/h8-14,18-19H,15-17,35H2,1-7H3. The zero-order chi connectivity index (χ0) is 26.4. The van der Waals surface area contributed by atoms with E-state index in [1.165, 1.54) is 10.9 Å². The Morgan fingerprint density at radius 1 is 0.889 bits per heavy atom. The summed E-state index contributed by atoms with van der Waals surface area (Å²) in [5, 5.41) is 0.300. The average molecular weight is 521 g/mol. The smallest absolute Gasteiger partial charge is 0.134 e. The number of nitrogens with zero attached hydrogens (tertiary/aromatic N) is 4. The molecule has 0 spiro atoms. The fraction of sp³-hybridized carbons (Fsp3) is 0.483. The van der Waals surface area contributed by atoms with Gasteiger partial charge >= 0.3 is 0 Å². The largest absolute Gasteiger partial charge is 0.300 e. The summed E-state index contributed by atoms with van der Waals surface area (Å²) in [6.07, 6.45) is 12.7. The summed E-state index contributed by atoms with van der Waals surface area (Å²) in [7, 11) is 2.35. The van der Waals surface area contributed by atoms with Gasteiger partial charge in [0.1, 0.15) is 5.78 Å². The number of rotatable bonds is 5. The highest BCUT2D eigenvalue weighted by Crippen LogP contribution is 2.65. The molecule has 3 heterocycles. The second kappa shape index (κ2) is 9.66. The van der Waals surface area contributed by atoms with Gasteiger partial charge in [-0.15, -0.1) is 9.24 Å². The molecule has 0 bridgehead atoms. The Hall–Kier alpha value is -2.09. The van der Waals surface area contributed by atoms with Crippen LogP contribution in [0.15, 0.2) is 55.4 Å². The highest BCUT2D eigenvalue weighted by molar-refractivity contribution is 7.69. The molecule has 7 heteroatoms. The van der Waals surface area contributed by atoms with Crippen LogP contribution in [0.25, 0.3) is 0 Å². The number of carbonyl (C=O) groups excluding carboxylic acids is 1. The third-order valence-electron chi connectivity index (χ3n) is 6.87. The first-order valence-corrected chi connectivity index (χ1v) is 14.4. The minimum absolute atomic E-state index is 0.134. The summed E-state index contributed by atoms with van der Waals surface area (Å²) in [5.74, 6) is 0.356. The summed E-state index contributed by atoms with van der Waals surface area (Å²) >= 11 is 0. The Morgan fingerprint density at radius 3 is 1.86 bits per heavy atom. The Morgan fingerprint density at radius 2 is 1.42 bits per heavy atom. The molecule has 1 fully saturated rings. The molecule has 36 heavy (non-hydrogen) atoms. The molecule has 1 saturated heterocycles. The van der Waals surface area contributed by atoms with Gasteiger partial charge in [0.15, 0.2) is 0 Å². The van der Waals surface area contributed by atoms with Crippen LogP contribution in [-0.4, -0.2) is 36.0 Å². The number of Topliss-reactive ketones (excluding diaryl/α,β-unsaturated/α-hetero) is 1. The third kappa shape index (κ3) is 5.29. The molecule has 5 nitrogen and oxygen atoms in total. The molecular formula is C29H38N4OP2. The second-order valence-electron chi connectivity index (χ2n) is 12.4. The van der Waals surface area contributed by atoms with Crippen molar-refractivity contribution in [1.29, 1.82) is 0 Å². The second-order valence-corrected chi connectivity index (χ2v) is 16.9. The number of hydrogen-bond acceptors (Lipinski definition) is 5. The fourth-order valence-corrected chi connectivity index (χ4v) is 10.9. The molecule has 2 aromatic heterocycles. The van der Waals surface area contributed by atoms with Crippen LogP contribution in [0.1, 0.15) is 83.8 Å². The van der Waals surface area contributed by atoms with Crippen molar-refractivity contribution in [1.82, 2.24) is 19.9 Å². The van der Waals surface area contributed by atoms with E-state index in [0.717, 1.165) is 23.4 Å². The molecule has 0 saturated carbocycles. The molecule has 190 valence electrons. The van der Waals surface area contributed by atoms with Gasteiger partial charge in [0.25, 0.3) is 0 Å². The van der Waals surface area contributed by atoms with Crippen molar-refractivity contribution in [3.63, 3.8) is 0 Å². The Kier molecular flexibility index (Phi) is 7.23. The van der Waals surface area contributed by atoms with E-state index in [2.05, 4.69) is 85.9 Å². The Bertz CT molecular complexity index is 1180.